The van der Waals surface area contributed by atoms with Crippen molar-refractivity contribution in [1.29, 1.82) is 0 Å². The molecule has 1 N–H and O–H groups in total. The minimum atomic E-state index is -1.57. The van der Waals surface area contributed by atoms with Gasteiger partial charge in [-0.1, -0.05) is 5.16 Å². The standard InChI is InChI=1S/C20H29FN4O3/c21-20(5-6-20)19(26)25-8-2-13(3-9-25)18-23-17(24-28-18)14-1-7-22-16(11-14)15-4-10-27-12-15/h13-16,22H,1-12H2. The van der Waals surface area contributed by atoms with E-state index < -0.39 is 5.67 Å². The first kappa shape index (κ1) is 18.5. The Morgan fingerprint density at radius 1 is 1.18 bits per heavy atom. The Labute approximate surface area is 164 Å². The molecular weight excluding hydrogens is 363 g/mol. The number of rotatable bonds is 4. The smallest absolute Gasteiger partial charge is 0.260 e. The number of piperidine rings is 2. The maximum Gasteiger partial charge on any atom is 0.260 e. The normalized spacial score (nSPS) is 33.2. The van der Waals surface area contributed by atoms with E-state index in [-0.39, 0.29) is 11.8 Å². The number of carbonyl (C=O) groups is 1. The van der Waals surface area contributed by atoms with Crippen molar-refractivity contribution in [2.24, 2.45) is 5.92 Å². The average molecular weight is 392 g/mol. The van der Waals surface area contributed by atoms with Gasteiger partial charge in [0.05, 0.1) is 6.61 Å². The Balaban J connectivity index is 1.18. The lowest BCUT2D eigenvalue weighted by Crippen LogP contribution is -2.43. The van der Waals surface area contributed by atoms with Gasteiger partial charge in [0.1, 0.15) is 0 Å². The number of hydrogen-bond acceptors (Lipinski definition) is 6. The summed E-state index contributed by atoms with van der Waals surface area (Å²) in [5, 5.41) is 7.92. The van der Waals surface area contributed by atoms with E-state index in [9.17, 15) is 9.18 Å². The molecule has 1 saturated carbocycles. The minimum Gasteiger partial charge on any atom is -0.381 e. The van der Waals surface area contributed by atoms with E-state index in [2.05, 4.69) is 10.5 Å². The number of carbonyl (C=O) groups excluding carboxylic acids is 1. The van der Waals surface area contributed by atoms with Crippen LogP contribution in [0.5, 0.6) is 0 Å². The van der Waals surface area contributed by atoms with Crippen LogP contribution in [0.4, 0.5) is 4.39 Å². The zero-order valence-corrected chi connectivity index (χ0v) is 16.2. The summed E-state index contributed by atoms with van der Waals surface area (Å²) in [5.74, 6) is 2.26. The molecule has 3 unspecified atom stereocenters. The van der Waals surface area contributed by atoms with Crippen molar-refractivity contribution >= 4 is 5.91 Å². The summed E-state index contributed by atoms with van der Waals surface area (Å²) in [4.78, 5) is 18.6. The van der Waals surface area contributed by atoms with Crippen LogP contribution in [-0.2, 0) is 9.53 Å². The Morgan fingerprint density at radius 3 is 2.71 bits per heavy atom. The molecular formula is C20H29FN4O3. The number of alkyl halides is 1. The number of ether oxygens (including phenoxy) is 1. The third-order valence-electron chi connectivity index (χ3n) is 7.00. The molecule has 28 heavy (non-hydrogen) atoms. The lowest BCUT2D eigenvalue weighted by atomic mass is 9.85. The van der Waals surface area contributed by atoms with E-state index in [1.54, 1.807) is 4.90 Å². The molecule has 3 aliphatic heterocycles. The van der Waals surface area contributed by atoms with Gasteiger partial charge in [-0.15, -0.1) is 0 Å². The number of hydrogen-bond donors (Lipinski definition) is 1. The van der Waals surface area contributed by atoms with Crippen LogP contribution in [0.1, 0.15) is 68.5 Å². The Kier molecular flexibility index (Phi) is 4.87. The fraction of sp³-hybridized carbons (Fsp3) is 0.850. The first-order chi connectivity index (χ1) is 13.6. The zero-order chi connectivity index (χ0) is 19.1. The fourth-order valence-electron chi connectivity index (χ4n) is 4.93. The highest BCUT2D eigenvalue weighted by molar-refractivity contribution is 5.88. The number of amides is 1. The van der Waals surface area contributed by atoms with Crippen LogP contribution in [0.25, 0.3) is 0 Å². The van der Waals surface area contributed by atoms with Crippen LogP contribution >= 0.6 is 0 Å². The number of aromatic nitrogens is 2. The van der Waals surface area contributed by atoms with Crippen LogP contribution in [0.15, 0.2) is 4.52 Å². The molecule has 0 radical (unpaired) electrons. The summed E-state index contributed by atoms with van der Waals surface area (Å²) in [5.41, 5.74) is -1.57. The molecule has 8 heteroatoms. The molecule has 0 aromatic carbocycles. The quantitative estimate of drug-likeness (QED) is 0.846. The van der Waals surface area contributed by atoms with Crippen molar-refractivity contribution in [1.82, 2.24) is 20.4 Å². The molecule has 3 atom stereocenters. The number of nitrogens with one attached hydrogen (secondary N) is 1. The van der Waals surface area contributed by atoms with Gasteiger partial charge in [-0.3, -0.25) is 4.79 Å². The number of nitrogens with zero attached hydrogens (tertiary/aromatic N) is 3. The highest BCUT2D eigenvalue weighted by Crippen LogP contribution is 2.42. The third-order valence-corrected chi connectivity index (χ3v) is 7.00. The van der Waals surface area contributed by atoms with Crippen LogP contribution in [0.2, 0.25) is 0 Å². The molecule has 1 aliphatic carbocycles. The minimum absolute atomic E-state index is 0.167. The highest BCUT2D eigenvalue weighted by atomic mass is 19.1. The van der Waals surface area contributed by atoms with Gasteiger partial charge < -0.3 is 19.5 Å². The molecule has 1 amide bonds. The maximum absolute atomic E-state index is 14.0. The van der Waals surface area contributed by atoms with Gasteiger partial charge in [-0.05, 0) is 57.4 Å². The fourth-order valence-corrected chi connectivity index (χ4v) is 4.93. The SMILES string of the molecule is O=C(N1CCC(c2nc(C3CCNC(C4CCOC4)C3)no2)CC1)C1(F)CC1. The van der Waals surface area contributed by atoms with E-state index in [4.69, 9.17) is 14.2 Å². The van der Waals surface area contributed by atoms with E-state index >= 15 is 0 Å². The van der Waals surface area contributed by atoms with Crippen LogP contribution < -0.4 is 5.32 Å². The van der Waals surface area contributed by atoms with Gasteiger partial charge in [-0.2, -0.15) is 4.98 Å². The van der Waals surface area contributed by atoms with Crippen molar-refractivity contribution in [3.05, 3.63) is 11.7 Å². The molecule has 4 heterocycles. The van der Waals surface area contributed by atoms with Crippen molar-refractivity contribution in [3.63, 3.8) is 0 Å². The molecule has 1 aromatic heterocycles. The molecule has 154 valence electrons. The summed E-state index contributed by atoms with van der Waals surface area (Å²) in [7, 11) is 0. The first-order valence-electron chi connectivity index (χ1n) is 10.8. The van der Waals surface area contributed by atoms with Crippen LogP contribution in [0.3, 0.4) is 0 Å². The largest absolute Gasteiger partial charge is 0.381 e. The maximum atomic E-state index is 14.0. The average Bonchev–Trinajstić information content (AvgIpc) is 3.17. The zero-order valence-electron chi connectivity index (χ0n) is 16.2. The molecule has 0 spiro atoms. The van der Waals surface area contributed by atoms with Crippen molar-refractivity contribution in [2.45, 2.75) is 68.5 Å². The lowest BCUT2D eigenvalue weighted by Gasteiger charge is -2.32. The van der Waals surface area contributed by atoms with Gasteiger partial charge in [0.2, 0.25) is 5.89 Å². The van der Waals surface area contributed by atoms with Gasteiger partial charge in [-0.25, -0.2) is 4.39 Å². The predicted octanol–water partition coefficient (Wildman–Crippen LogP) is 2.15. The van der Waals surface area contributed by atoms with E-state index in [1.807, 2.05) is 0 Å². The molecule has 7 nitrogen and oxygen atoms in total. The van der Waals surface area contributed by atoms with Crippen molar-refractivity contribution in [3.8, 4) is 0 Å². The van der Waals surface area contributed by atoms with E-state index in [0.717, 1.165) is 57.7 Å². The van der Waals surface area contributed by atoms with Crippen molar-refractivity contribution in [2.75, 3.05) is 32.8 Å². The van der Waals surface area contributed by atoms with E-state index in [0.29, 0.717) is 49.7 Å². The summed E-state index contributed by atoms with van der Waals surface area (Å²) < 4.78 is 25.2. The van der Waals surface area contributed by atoms with Crippen LogP contribution in [0, 0.1) is 5.92 Å². The molecule has 1 aromatic rings. The van der Waals surface area contributed by atoms with E-state index in [1.165, 1.54) is 0 Å². The summed E-state index contributed by atoms with van der Waals surface area (Å²) in [6.07, 6.45) is 5.45. The van der Waals surface area contributed by atoms with Gasteiger partial charge in [0.15, 0.2) is 11.5 Å². The number of likely N-dealkylation sites (tertiary alicyclic amines) is 1. The topological polar surface area (TPSA) is 80.5 Å². The van der Waals surface area contributed by atoms with Crippen LogP contribution in [-0.4, -0.2) is 65.5 Å². The number of halogens is 1. The summed E-state index contributed by atoms with van der Waals surface area (Å²) in [6.45, 7) is 3.83. The Morgan fingerprint density at radius 2 is 2.00 bits per heavy atom. The Hall–Kier alpha value is -1.54. The first-order valence-corrected chi connectivity index (χ1v) is 10.8. The summed E-state index contributed by atoms with van der Waals surface area (Å²) in [6, 6.07) is 0.466. The second kappa shape index (κ2) is 7.37. The second-order valence-corrected chi connectivity index (χ2v) is 8.93. The Bertz CT molecular complexity index is 708. The molecule has 3 saturated heterocycles. The molecule has 0 bridgehead atoms. The lowest BCUT2D eigenvalue weighted by molar-refractivity contribution is -0.139. The van der Waals surface area contributed by atoms with Gasteiger partial charge in [0.25, 0.3) is 5.91 Å². The third kappa shape index (κ3) is 3.56. The molecule has 4 fully saturated rings. The highest BCUT2D eigenvalue weighted by Gasteiger charge is 2.53. The predicted molar refractivity (Wildman–Crippen MR) is 98.6 cm³/mol. The van der Waals surface area contributed by atoms with Gasteiger partial charge >= 0.3 is 0 Å². The molecule has 4 aliphatic rings. The van der Waals surface area contributed by atoms with Crippen molar-refractivity contribution < 1.29 is 18.4 Å². The monoisotopic (exact) mass is 392 g/mol. The van der Waals surface area contributed by atoms with Gasteiger partial charge in [0, 0.05) is 37.6 Å². The second-order valence-electron chi connectivity index (χ2n) is 8.93. The molecule has 5 rings (SSSR count). The summed E-state index contributed by atoms with van der Waals surface area (Å²) >= 11 is 0.